The molecule has 7 heteroatoms. The van der Waals surface area contributed by atoms with Gasteiger partial charge < -0.3 is 15.8 Å². The molecule has 134 valence electrons. The maximum absolute atomic E-state index is 11.2. The fourth-order valence-corrected chi connectivity index (χ4v) is 2.75. The molecule has 0 fully saturated rings. The summed E-state index contributed by atoms with van der Waals surface area (Å²) in [4.78, 5) is 15.5. The summed E-state index contributed by atoms with van der Waals surface area (Å²) in [6.07, 6.45) is 3.50. The molecule has 4 rings (SSSR count). The SMILES string of the molecule is NC(=O)c1cccc(Oc2ccc(NCc3cccc4cn[nH]c34)cn2)c1. The topological polar surface area (TPSA) is 106 Å². The standard InChI is InChI=1S/C20H17N5O2/c21-20(26)13-3-2-6-17(9-13)27-18-8-7-16(12-23-18)22-10-14-4-1-5-15-11-24-25-19(14)15/h1-9,11-12,22H,10H2,(H2,21,26)(H,24,25). The quantitative estimate of drug-likeness (QED) is 0.489. The van der Waals surface area contributed by atoms with Crippen molar-refractivity contribution in [2.45, 2.75) is 6.54 Å². The number of aromatic nitrogens is 3. The molecule has 2 aromatic heterocycles. The van der Waals surface area contributed by atoms with E-state index in [1.165, 1.54) is 0 Å². The van der Waals surface area contributed by atoms with E-state index in [1.807, 2.05) is 24.3 Å². The van der Waals surface area contributed by atoms with Crippen molar-refractivity contribution in [3.63, 3.8) is 0 Å². The van der Waals surface area contributed by atoms with E-state index < -0.39 is 5.91 Å². The lowest BCUT2D eigenvalue weighted by atomic mass is 10.1. The number of nitrogens with one attached hydrogen (secondary N) is 2. The first-order valence-electron chi connectivity index (χ1n) is 8.38. The van der Waals surface area contributed by atoms with Crippen molar-refractivity contribution in [3.05, 3.63) is 78.1 Å². The van der Waals surface area contributed by atoms with Crippen LogP contribution in [0, 0.1) is 0 Å². The number of hydrogen-bond donors (Lipinski definition) is 3. The molecule has 4 aromatic rings. The van der Waals surface area contributed by atoms with Crippen LogP contribution in [-0.4, -0.2) is 21.1 Å². The van der Waals surface area contributed by atoms with E-state index in [1.54, 1.807) is 42.7 Å². The molecule has 4 N–H and O–H groups in total. The molecule has 0 aliphatic rings. The smallest absolute Gasteiger partial charge is 0.248 e. The molecule has 0 spiro atoms. The number of hydrogen-bond acceptors (Lipinski definition) is 5. The number of nitrogens with two attached hydrogens (primary N) is 1. The molecular formula is C20H17N5O2. The number of carbonyl (C=O) groups is 1. The number of para-hydroxylation sites is 1. The predicted octanol–water partition coefficient (Wildman–Crippen LogP) is 3.46. The number of rotatable bonds is 6. The van der Waals surface area contributed by atoms with E-state index >= 15 is 0 Å². The Kier molecular flexibility index (Phi) is 4.40. The van der Waals surface area contributed by atoms with Crippen LogP contribution in [0.2, 0.25) is 0 Å². The minimum absolute atomic E-state index is 0.388. The molecule has 1 amide bonds. The van der Waals surface area contributed by atoms with E-state index in [-0.39, 0.29) is 0 Å². The Morgan fingerprint density at radius 2 is 2.00 bits per heavy atom. The van der Waals surface area contributed by atoms with Gasteiger partial charge in [0.2, 0.25) is 11.8 Å². The first kappa shape index (κ1) is 16.6. The van der Waals surface area contributed by atoms with Crippen LogP contribution in [0.1, 0.15) is 15.9 Å². The van der Waals surface area contributed by atoms with Gasteiger partial charge in [-0.05, 0) is 29.8 Å². The Hall–Kier alpha value is -3.87. The Bertz CT molecular complexity index is 1090. The Balaban J connectivity index is 1.42. The summed E-state index contributed by atoms with van der Waals surface area (Å²) in [6, 6.07) is 16.4. The van der Waals surface area contributed by atoms with E-state index in [4.69, 9.17) is 10.5 Å². The predicted molar refractivity (Wildman–Crippen MR) is 103 cm³/mol. The van der Waals surface area contributed by atoms with Gasteiger partial charge in [-0.1, -0.05) is 24.3 Å². The highest BCUT2D eigenvalue weighted by atomic mass is 16.5. The van der Waals surface area contributed by atoms with Crippen molar-refractivity contribution in [2.75, 3.05) is 5.32 Å². The lowest BCUT2D eigenvalue weighted by Gasteiger charge is -2.09. The molecule has 7 nitrogen and oxygen atoms in total. The fourth-order valence-electron chi connectivity index (χ4n) is 2.75. The molecule has 0 atom stereocenters. The van der Waals surface area contributed by atoms with Crippen molar-refractivity contribution in [2.24, 2.45) is 5.73 Å². The van der Waals surface area contributed by atoms with Crippen molar-refractivity contribution in [1.82, 2.24) is 15.2 Å². The Labute approximate surface area is 155 Å². The molecule has 0 radical (unpaired) electrons. The number of pyridine rings is 1. The minimum atomic E-state index is -0.500. The minimum Gasteiger partial charge on any atom is -0.439 e. The third kappa shape index (κ3) is 3.72. The van der Waals surface area contributed by atoms with Gasteiger partial charge in [-0.15, -0.1) is 0 Å². The molecule has 2 heterocycles. The highest BCUT2D eigenvalue weighted by Crippen LogP contribution is 2.22. The van der Waals surface area contributed by atoms with Gasteiger partial charge in [0.15, 0.2) is 0 Å². The molecule has 2 aromatic carbocycles. The molecule has 0 saturated heterocycles. The number of aromatic amines is 1. The number of H-pyrrole nitrogens is 1. The second-order valence-corrected chi connectivity index (χ2v) is 5.98. The molecule has 0 bridgehead atoms. The first-order valence-corrected chi connectivity index (χ1v) is 8.38. The summed E-state index contributed by atoms with van der Waals surface area (Å²) in [5.74, 6) is 0.434. The van der Waals surface area contributed by atoms with Crippen LogP contribution < -0.4 is 15.8 Å². The summed E-state index contributed by atoms with van der Waals surface area (Å²) in [7, 11) is 0. The summed E-state index contributed by atoms with van der Waals surface area (Å²) in [6.45, 7) is 0.641. The van der Waals surface area contributed by atoms with Crippen molar-refractivity contribution < 1.29 is 9.53 Å². The number of fused-ring (bicyclic) bond motifs is 1. The molecule has 0 saturated carbocycles. The monoisotopic (exact) mass is 359 g/mol. The highest BCUT2D eigenvalue weighted by Gasteiger charge is 2.05. The maximum atomic E-state index is 11.2. The second kappa shape index (κ2) is 7.17. The number of carbonyl (C=O) groups excluding carboxylic acids is 1. The number of ether oxygens (including phenoxy) is 1. The van der Waals surface area contributed by atoms with Gasteiger partial charge in [0.1, 0.15) is 5.75 Å². The lowest BCUT2D eigenvalue weighted by Crippen LogP contribution is -2.10. The van der Waals surface area contributed by atoms with Gasteiger partial charge in [0.25, 0.3) is 0 Å². The summed E-state index contributed by atoms with van der Waals surface area (Å²) in [5, 5.41) is 11.5. The maximum Gasteiger partial charge on any atom is 0.248 e. The zero-order chi connectivity index (χ0) is 18.6. The van der Waals surface area contributed by atoms with Crippen molar-refractivity contribution in [1.29, 1.82) is 0 Å². The van der Waals surface area contributed by atoms with Gasteiger partial charge in [-0.25, -0.2) is 4.98 Å². The Morgan fingerprint density at radius 3 is 2.81 bits per heavy atom. The van der Waals surface area contributed by atoms with Crippen LogP contribution in [0.3, 0.4) is 0 Å². The van der Waals surface area contributed by atoms with Crippen LogP contribution >= 0.6 is 0 Å². The van der Waals surface area contributed by atoms with Crippen molar-refractivity contribution >= 4 is 22.5 Å². The average molecular weight is 359 g/mol. The summed E-state index contributed by atoms with van der Waals surface area (Å²) in [5.41, 5.74) is 8.67. The average Bonchev–Trinajstić information content (AvgIpc) is 3.17. The van der Waals surface area contributed by atoms with Gasteiger partial charge in [-0.3, -0.25) is 9.89 Å². The highest BCUT2D eigenvalue weighted by molar-refractivity contribution is 5.93. The third-order valence-corrected chi connectivity index (χ3v) is 4.12. The van der Waals surface area contributed by atoms with Gasteiger partial charge >= 0.3 is 0 Å². The lowest BCUT2D eigenvalue weighted by molar-refractivity contribution is 0.1000. The van der Waals surface area contributed by atoms with E-state index in [0.717, 1.165) is 22.2 Å². The summed E-state index contributed by atoms with van der Waals surface area (Å²) < 4.78 is 5.67. The van der Waals surface area contributed by atoms with E-state index in [2.05, 4.69) is 20.5 Å². The van der Waals surface area contributed by atoms with Crippen LogP contribution in [0.15, 0.2) is 67.0 Å². The largest absolute Gasteiger partial charge is 0.439 e. The second-order valence-electron chi connectivity index (χ2n) is 5.98. The van der Waals surface area contributed by atoms with Gasteiger partial charge in [-0.2, -0.15) is 5.10 Å². The molecular weight excluding hydrogens is 342 g/mol. The number of primary amides is 1. The zero-order valence-corrected chi connectivity index (χ0v) is 14.3. The summed E-state index contributed by atoms with van der Waals surface area (Å²) >= 11 is 0. The number of nitrogens with zero attached hydrogens (tertiary/aromatic N) is 2. The normalized spacial score (nSPS) is 10.7. The third-order valence-electron chi connectivity index (χ3n) is 4.12. The zero-order valence-electron chi connectivity index (χ0n) is 14.3. The van der Waals surface area contributed by atoms with E-state index in [9.17, 15) is 4.79 Å². The van der Waals surface area contributed by atoms with Gasteiger partial charge in [0.05, 0.1) is 23.6 Å². The van der Waals surface area contributed by atoms with Crippen LogP contribution in [0.4, 0.5) is 5.69 Å². The molecule has 27 heavy (non-hydrogen) atoms. The fraction of sp³-hybridized carbons (Fsp3) is 0.0500. The van der Waals surface area contributed by atoms with E-state index in [0.29, 0.717) is 23.7 Å². The van der Waals surface area contributed by atoms with Crippen LogP contribution in [0.25, 0.3) is 10.9 Å². The van der Waals surface area contributed by atoms with Crippen LogP contribution in [0.5, 0.6) is 11.6 Å². The molecule has 0 aliphatic carbocycles. The number of anilines is 1. The number of amides is 1. The number of benzene rings is 2. The van der Waals surface area contributed by atoms with Gasteiger partial charge in [0, 0.05) is 23.6 Å². The van der Waals surface area contributed by atoms with Crippen LogP contribution in [-0.2, 0) is 6.54 Å². The molecule has 0 unspecified atom stereocenters. The first-order chi connectivity index (χ1) is 13.2. The molecule has 0 aliphatic heterocycles. The Morgan fingerprint density at radius 1 is 1.11 bits per heavy atom. The van der Waals surface area contributed by atoms with Crippen molar-refractivity contribution in [3.8, 4) is 11.6 Å².